The molecule has 0 aliphatic heterocycles. The predicted molar refractivity (Wildman–Crippen MR) is 136 cm³/mol. The summed E-state index contributed by atoms with van der Waals surface area (Å²) in [5.74, 6) is -2.64. The van der Waals surface area contributed by atoms with Gasteiger partial charge in [0.15, 0.2) is 9.84 Å². The second kappa shape index (κ2) is 13.2. The first-order chi connectivity index (χ1) is 17.7. The standard InChI is InChI=1S/C27H28N2O7S/c30-25(28-23(26(31)32)16-17-37(34,35)22-14-8-3-9-15-22)24(18-20-10-4-1-5-11-20)29-27(33)36-19-21-12-6-2-7-13-21/h1-15,23-24H,16-19H2,(H,28,30)(H,29,33)(H,31,32)/t23-,24-/m0/s1. The van der Waals surface area contributed by atoms with Crippen LogP contribution in [0.25, 0.3) is 0 Å². The Balaban J connectivity index is 1.67. The molecule has 2 atom stereocenters. The summed E-state index contributed by atoms with van der Waals surface area (Å²) in [6, 6.07) is 22.9. The van der Waals surface area contributed by atoms with Crippen LogP contribution < -0.4 is 10.6 Å². The third-order valence-corrected chi connectivity index (χ3v) is 7.26. The largest absolute Gasteiger partial charge is 0.480 e. The third kappa shape index (κ3) is 8.76. The molecule has 0 saturated heterocycles. The predicted octanol–water partition coefficient (Wildman–Crippen LogP) is 2.96. The summed E-state index contributed by atoms with van der Waals surface area (Å²) in [6.07, 6.45) is -1.13. The van der Waals surface area contributed by atoms with Crippen molar-refractivity contribution in [3.63, 3.8) is 0 Å². The Labute approximate surface area is 215 Å². The zero-order chi connectivity index (χ0) is 26.7. The lowest BCUT2D eigenvalue weighted by atomic mass is 10.0. The summed E-state index contributed by atoms with van der Waals surface area (Å²) in [7, 11) is -3.75. The van der Waals surface area contributed by atoms with E-state index in [2.05, 4.69) is 10.6 Å². The number of ether oxygens (including phenoxy) is 1. The maximum absolute atomic E-state index is 13.1. The van der Waals surface area contributed by atoms with Gasteiger partial charge in [0.05, 0.1) is 10.6 Å². The molecule has 0 aliphatic carbocycles. The van der Waals surface area contributed by atoms with E-state index in [1.54, 1.807) is 72.8 Å². The fourth-order valence-electron chi connectivity index (χ4n) is 3.51. The number of carboxylic acids is 1. The molecule has 194 valence electrons. The van der Waals surface area contributed by atoms with Gasteiger partial charge in [-0.2, -0.15) is 0 Å². The second-order valence-corrected chi connectivity index (χ2v) is 10.4. The van der Waals surface area contributed by atoms with Crippen LogP contribution >= 0.6 is 0 Å². The first-order valence-electron chi connectivity index (χ1n) is 11.6. The average Bonchev–Trinajstić information content (AvgIpc) is 2.91. The Morgan fingerprint density at radius 1 is 0.757 bits per heavy atom. The third-order valence-electron chi connectivity index (χ3n) is 5.50. The maximum Gasteiger partial charge on any atom is 0.408 e. The summed E-state index contributed by atoms with van der Waals surface area (Å²) >= 11 is 0. The Bertz CT molecular complexity index is 1280. The number of hydrogen-bond donors (Lipinski definition) is 3. The molecule has 3 N–H and O–H groups in total. The van der Waals surface area contributed by atoms with Gasteiger partial charge in [-0.15, -0.1) is 0 Å². The number of rotatable bonds is 12. The fourth-order valence-corrected chi connectivity index (χ4v) is 4.87. The molecule has 0 bridgehead atoms. The average molecular weight is 525 g/mol. The molecule has 0 aliphatic rings. The van der Waals surface area contributed by atoms with Crippen molar-refractivity contribution in [2.24, 2.45) is 0 Å². The van der Waals surface area contributed by atoms with Crippen LogP contribution in [0.4, 0.5) is 4.79 Å². The van der Waals surface area contributed by atoms with Crippen LogP contribution in [0.15, 0.2) is 95.9 Å². The van der Waals surface area contributed by atoms with Crippen LogP contribution in [0.1, 0.15) is 17.5 Å². The minimum atomic E-state index is -3.75. The Kier molecular flexibility index (Phi) is 9.79. The highest BCUT2D eigenvalue weighted by Crippen LogP contribution is 2.13. The Hall–Kier alpha value is -4.18. The Morgan fingerprint density at radius 3 is 1.86 bits per heavy atom. The van der Waals surface area contributed by atoms with Crippen molar-refractivity contribution in [2.45, 2.75) is 36.4 Å². The first kappa shape index (κ1) is 27.4. The van der Waals surface area contributed by atoms with E-state index in [1.807, 2.05) is 6.07 Å². The molecule has 3 aromatic rings. The van der Waals surface area contributed by atoms with Gasteiger partial charge in [-0.3, -0.25) is 4.79 Å². The highest BCUT2D eigenvalue weighted by atomic mass is 32.2. The van der Waals surface area contributed by atoms with E-state index in [1.165, 1.54) is 12.1 Å². The number of nitrogens with one attached hydrogen (secondary N) is 2. The monoisotopic (exact) mass is 524 g/mol. The quantitative estimate of drug-likeness (QED) is 0.331. The second-order valence-electron chi connectivity index (χ2n) is 8.27. The van der Waals surface area contributed by atoms with Crippen LogP contribution in [0.5, 0.6) is 0 Å². The lowest BCUT2D eigenvalue weighted by molar-refractivity contribution is -0.142. The van der Waals surface area contributed by atoms with E-state index >= 15 is 0 Å². The summed E-state index contributed by atoms with van der Waals surface area (Å²) in [5, 5.41) is 14.5. The van der Waals surface area contributed by atoms with Crippen LogP contribution in [0.2, 0.25) is 0 Å². The highest BCUT2D eigenvalue weighted by Gasteiger charge is 2.29. The van der Waals surface area contributed by atoms with Gasteiger partial charge in [0.1, 0.15) is 18.7 Å². The molecule has 3 rings (SSSR count). The number of carbonyl (C=O) groups excluding carboxylic acids is 2. The number of carboxylic acid groups (broad SMARTS) is 1. The number of amides is 2. The number of alkyl carbamates (subject to hydrolysis) is 1. The van der Waals surface area contributed by atoms with E-state index in [4.69, 9.17) is 4.74 Å². The van der Waals surface area contributed by atoms with Crippen LogP contribution in [-0.4, -0.2) is 49.3 Å². The fraction of sp³-hybridized carbons (Fsp3) is 0.222. The van der Waals surface area contributed by atoms with Crippen LogP contribution in [0, 0.1) is 0 Å². The molecular formula is C27H28N2O7S. The van der Waals surface area contributed by atoms with Gasteiger partial charge in [-0.1, -0.05) is 78.9 Å². The van der Waals surface area contributed by atoms with Crippen molar-refractivity contribution in [3.8, 4) is 0 Å². The minimum Gasteiger partial charge on any atom is -0.480 e. The van der Waals surface area contributed by atoms with Gasteiger partial charge in [0, 0.05) is 6.42 Å². The van der Waals surface area contributed by atoms with Crippen molar-refractivity contribution in [3.05, 3.63) is 102 Å². The van der Waals surface area contributed by atoms with Gasteiger partial charge in [0.25, 0.3) is 0 Å². The summed E-state index contributed by atoms with van der Waals surface area (Å²) in [4.78, 5) is 37.4. The van der Waals surface area contributed by atoms with Crippen molar-refractivity contribution < 1.29 is 32.6 Å². The summed E-state index contributed by atoms with van der Waals surface area (Å²) < 4.78 is 30.4. The van der Waals surface area contributed by atoms with Gasteiger partial charge >= 0.3 is 12.1 Å². The first-order valence-corrected chi connectivity index (χ1v) is 13.2. The maximum atomic E-state index is 13.1. The van der Waals surface area contributed by atoms with Crippen molar-refractivity contribution in [2.75, 3.05) is 5.75 Å². The van der Waals surface area contributed by atoms with E-state index in [-0.39, 0.29) is 24.3 Å². The molecule has 0 radical (unpaired) electrons. The Morgan fingerprint density at radius 2 is 1.30 bits per heavy atom. The molecule has 0 heterocycles. The lowest BCUT2D eigenvalue weighted by Gasteiger charge is -2.21. The molecule has 3 aromatic carbocycles. The molecule has 37 heavy (non-hydrogen) atoms. The normalized spacial score (nSPS) is 12.6. The molecular weight excluding hydrogens is 496 g/mol. The molecule has 9 nitrogen and oxygen atoms in total. The highest BCUT2D eigenvalue weighted by molar-refractivity contribution is 7.91. The molecule has 10 heteroatoms. The molecule has 0 saturated carbocycles. The van der Waals surface area contributed by atoms with Crippen LogP contribution in [-0.2, 0) is 37.2 Å². The molecule has 0 spiro atoms. The van der Waals surface area contributed by atoms with Crippen molar-refractivity contribution >= 4 is 27.8 Å². The van der Waals surface area contributed by atoms with Gasteiger partial charge in [0.2, 0.25) is 5.91 Å². The van der Waals surface area contributed by atoms with E-state index in [0.29, 0.717) is 0 Å². The van der Waals surface area contributed by atoms with Crippen LogP contribution in [0.3, 0.4) is 0 Å². The smallest absolute Gasteiger partial charge is 0.408 e. The van der Waals surface area contributed by atoms with Gasteiger partial charge in [-0.25, -0.2) is 18.0 Å². The van der Waals surface area contributed by atoms with E-state index in [9.17, 15) is 27.9 Å². The zero-order valence-electron chi connectivity index (χ0n) is 19.9. The minimum absolute atomic E-state index is 0.0125. The van der Waals surface area contributed by atoms with E-state index < -0.39 is 45.6 Å². The molecule has 0 aromatic heterocycles. The number of sulfone groups is 1. The summed E-state index contributed by atoms with van der Waals surface area (Å²) in [6.45, 7) is -0.0125. The SMILES string of the molecule is O=C(N[C@@H](Cc1ccccc1)C(=O)N[C@@H](CCS(=O)(=O)c1ccccc1)C(=O)O)OCc1ccccc1. The van der Waals surface area contributed by atoms with Gasteiger partial charge in [-0.05, 0) is 29.7 Å². The summed E-state index contributed by atoms with van der Waals surface area (Å²) in [5.41, 5.74) is 1.48. The number of carbonyl (C=O) groups is 3. The lowest BCUT2D eigenvalue weighted by Crippen LogP contribution is -2.52. The number of aliphatic carboxylic acids is 1. The number of hydrogen-bond acceptors (Lipinski definition) is 6. The van der Waals surface area contributed by atoms with Crippen molar-refractivity contribution in [1.29, 1.82) is 0 Å². The molecule has 0 fully saturated rings. The molecule has 2 amide bonds. The molecule has 0 unspecified atom stereocenters. The number of benzene rings is 3. The topological polar surface area (TPSA) is 139 Å². The van der Waals surface area contributed by atoms with E-state index in [0.717, 1.165) is 11.1 Å². The zero-order valence-corrected chi connectivity index (χ0v) is 20.8. The van der Waals surface area contributed by atoms with Gasteiger partial charge < -0.3 is 20.5 Å². The van der Waals surface area contributed by atoms with Crippen molar-refractivity contribution in [1.82, 2.24) is 10.6 Å².